The highest BCUT2D eigenvalue weighted by atomic mass is 35.5. The lowest BCUT2D eigenvalue weighted by molar-refractivity contribution is 0.103. The van der Waals surface area contributed by atoms with Gasteiger partial charge in [-0.15, -0.1) is 0 Å². The monoisotopic (exact) mass is 390 g/mol. The molecule has 0 aromatic heterocycles. The van der Waals surface area contributed by atoms with Gasteiger partial charge in [-0.25, -0.2) is 0 Å². The lowest BCUT2D eigenvalue weighted by Crippen LogP contribution is -2.28. The van der Waals surface area contributed by atoms with E-state index >= 15 is 0 Å². The number of fused-ring (bicyclic) bond motifs is 1. The third kappa shape index (κ3) is 3.43. The Balaban J connectivity index is 2.04. The van der Waals surface area contributed by atoms with Crippen molar-refractivity contribution in [3.8, 4) is 17.2 Å². The van der Waals surface area contributed by atoms with Gasteiger partial charge in [0.05, 0.1) is 15.6 Å². The zero-order chi connectivity index (χ0) is 19.1. The zero-order valence-corrected chi connectivity index (χ0v) is 15.6. The highest BCUT2D eigenvalue weighted by molar-refractivity contribution is 6.43. The second-order valence-corrected chi connectivity index (χ2v) is 7.20. The summed E-state index contributed by atoms with van der Waals surface area (Å²) in [5, 5.41) is 21.0. The van der Waals surface area contributed by atoms with Crippen LogP contribution in [-0.2, 0) is 0 Å². The summed E-state index contributed by atoms with van der Waals surface area (Å²) in [5.41, 5.74) is 0.215. The molecule has 1 aliphatic heterocycles. The van der Waals surface area contributed by atoms with E-state index in [1.807, 2.05) is 13.8 Å². The SMILES string of the molecule is CC1(C)C=Cc2c(O)cc(O)c(C(=O)/C=C/c3cccc(Cl)c3Cl)c2O1. The fourth-order valence-electron chi connectivity index (χ4n) is 2.63. The van der Waals surface area contributed by atoms with Crippen LogP contribution in [0.15, 0.2) is 36.4 Å². The van der Waals surface area contributed by atoms with Crippen LogP contribution in [0.3, 0.4) is 0 Å². The molecule has 134 valence electrons. The fourth-order valence-corrected chi connectivity index (χ4v) is 3.00. The molecule has 0 saturated heterocycles. The third-order valence-electron chi connectivity index (χ3n) is 3.94. The number of halogens is 2. The predicted molar refractivity (Wildman–Crippen MR) is 103 cm³/mol. The van der Waals surface area contributed by atoms with Gasteiger partial charge in [0.15, 0.2) is 5.78 Å². The van der Waals surface area contributed by atoms with Crippen molar-refractivity contribution in [1.29, 1.82) is 0 Å². The highest BCUT2D eigenvalue weighted by Crippen LogP contribution is 2.43. The molecule has 0 unspecified atom stereocenters. The van der Waals surface area contributed by atoms with E-state index < -0.39 is 11.4 Å². The Hall–Kier alpha value is -2.43. The van der Waals surface area contributed by atoms with Crippen molar-refractivity contribution < 1.29 is 19.7 Å². The summed E-state index contributed by atoms with van der Waals surface area (Å²) in [4.78, 5) is 12.7. The smallest absolute Gasteiger partial charge is 0.193 e. The van der Waals surface area contributed by atoms with E-state index in [4.69, 9.17) is 27.9 Å². The predicted octanol–water partition coefficient (Wildman–Crippen LogP) is 5.48. The molecule has 2 aromatic carbocycles. The van der Waals surface area contributed by atoms with E-state index in [0.29, 0.717) is 21.2 Å². The molecule has 1 aliphatic rings. The molecular formula is C20H16Cl2O4. The van der Waals surface area contributed by atoms with Crippen LogP contribution in [0.25, 0.3) is 12.2 Å². The largest absolute Gasteiger partial charge is 0.507 e. The van der Waals surface area contributed by atoms with Crippen LogP contribution < -0.4 is 4.74 Å². The average Bonchev–Trinajstić information content (AvgIpc) is 2.55. The third-order valence-corrected chi connectivity index (χ3v) is 4.77. The zero-order valence-electron chi connectivity index (χ0n) is 14.1. The fraction of sp³-hybridized carbons (Fsp3) is 0.150. The Morgan fingerprint density at radius 3 is 2.65 bits per heavy atom. The van der Waals surface area contributed by atoms with Crippen molar-refractivity contribution in [2.45, 2.75) is 19.4 Å². The van der Waals surface area contributed by atoms with Crippen LogP contribution >= 0.6 is 23.2 Å². The number of ether oxygens (including phenoxy) is 1. The van der Waals surface area contributed by atoms with Gasteiger partial charge in [0, 0.05) is 6.07 Å². The normalized spacial score (nSPS) is 14.9. The van der Waals surface area contributed by atoms with Gasteiger partial charge < -0.3 is 14.9 Å². The van der Waals surface area contributed by atoms with Gasteiger partial charge in [0.2, 0.25) is 0 Å². The van der Waals surface area contributed by atoms with Gasteiger partial charge in [0.1, 0.15) is 28.4 Å². The molecule has 0 aliphatic carbocycles. The summed E-state index contributed by atoms with van der Waals surface area (Å²) >= 11 is 12.1. The van der Waals surface area contributed by atoms with Gasteiger partial charge in [0.25, 0.3) is 0 Å². The summed E-state index contributed by atoms with van der Waals surface area (Å²) < 4.78 is 5.82. The number of hydrogen-bond acceptors (Lipinski definition) is 4. The number of phenols is 2. The Morgan fingerprint density at radius 1 is 1.19 bits per heavy atom. The van der Waals surface area contributed by atoms with Gasteiger partial charge in [-0.05, 0) is 49.8 Å². The number of phenolic OH excluding ortho intramolecular Hbond substituents is 2. The van der Waals surface area contributed by atoms with Crippen molar-refractivity contribution in [3.05, 3.63) is 63.2 Å². The van der Waals surface area contributed by atoms with Gasteiger partial charge in [-0.3, -0.25) is 4.79 Å². The number of rotatable bonds is 3. The molecule has 3 rings (SSSR count). The van der Waals surface area contributed by atoms with E-state index in [9.17, 15) is 15.0 Å². The minimum absolute atomic E-state index is 0.0235. The lowest BCUT2D eigenvalue weighted by Gasteiger charge is -2.29. The number of hydrogen-bond donors (Lipinski definition) is 2. The summed E-state index contributed by atoms with van der Waals surface area (Å²) in [5.74, 6) is -0.871. The summed E-state index contributed by atoms with van der Waals surface area (Å²) in [6, 6.07) is 6.20. The second-order valence-electron chi connectivity index (χ2n) is 6.41. The van der Waals surface area contributed by atoms with Crippen LogP contribution in [-0.4, -0.2) is 21.6 Å². The van der Waals surface area contributed by atoms with E-state index in [1.165, 1.54) is 12.2 Å². The number of ketones is 1. The molecule has 0 bridgehead atoms. The first-order chi connectivity index (χ1) is 12.2. The van der Waals surface area contributed by atoms with Crippen molar-refractivity contribution >= 4 is 41.1 Å². The van der Waals surface area contributed by atoms with E-state index in [1.54, 1.807) is 30.4 Å². The molecule has 0 spiro atoms. The summed E-state index contributed by atoms with van der Waals surface area (Å²) in [6.45, 7) is 3.62. The lowest BCUT2D eigenvalue weighted by atomic mass is 9.96. The Labute approximate surface area is 160 Å². The first kappa shape index (κ1) is 18.4. The Kier molecular flexibility index (Phi) is 4.74. The molecule has 0 atom stereocenters. The Bertz CT molecular complexity index is 959. The van der Waals surface area contributed by atoms with E-state index in [2.05, 4.69) is 0 Å². The molecule has 26 heavy (non-hydrogen) atoms. The molecule has 0 saturated carbocycles. The molecule has 1 heterocycles. The summed E-state index contributed by atoms with van der Waals surface area (Å²) in [6.07, 6.45) is 6.22. The molecule has 0 amide bonds. The van der Waals surface area contributed by atoms with E-state index in [0.717, 1.165) is 6.07 Å². The Morgan fingerprint density at radius 2 is 1.92 bits per heavy atom. The molecule has 6 heteroatoms. The topological polar surface area (TPSA) is 66.8 Å². The minimum atomic E-state index is -0.678. The van der Waals surface area contributed by atoms with Crippen molar-refractivity contribution in [3.63, 3.8) is 0 Å². The summed E-state index contributed by atoms with van der Waals surface area (Å²) in [7, 11) is 0. The van der Waals surface area contributed by atoms with Gasteiger partial charge >= 0.3 is 0 Å². The minimum Gasteiger partial charge on any atom is -0.507 e. The van der Waals surface area contributed by atoms with Crippen LogP contribution in [0.5, 0.6) is 17.2 Å². The molecule has 0 radical (unpaired) electrons. The van der Waals surface area contributed by atoms with Gasteiger partial charge in [-0.2, -0.15) is 0 Å². The quantitative estimate of drug-likeness (QED) is 0.537. The maximum atomic E-state index is 12.7. The van der Waals surface area contributed by atoms with Crippen molar-refractivity contribution in [2.24, 2.45) is 0 Å². The number of carbonyl (C=O) groups is 1. The molecule has 2 aromatic rings. The number of benzene rings is 2. The molecule has 4 nitrogen and oxygen atoms in total. The standard InChI is InChI=1S/C20H16Cl2O4/c1-20(2)9-8-12-15(24)10-16(25)17(19(12)26-20)14(23)7-6-11-4-3-5-13(21)18(11)22/h3-10,24-25H,1-2H3/b7-6+. The average molecular weight is 391 g/mol. The van der Waals surface area contributed by atoms with Crippen LogP contribution in [0, 0.1) is 0 Å². The maximum absolute atomic E-state index is 12.7. The van der Waals surface area contributed by atoms with Crippen LogP contribution in [0.1, 0.15) is 35.3 Å². The van der Waals surface area contributed by atoms with E-state index in [-0.39, 0.29) is 22.8 Å². The number of aromatic hydroxyl groups is 2. The van der Waals surface area contributed by atoms with Crippen LogP contribution in [0.4, 0.5) is 0 Å². The first-order valence-corrected chi connectivity index (χ1v) is 8.59. The molecule has 2 N–H and O–H groups in total. The van der Waals surface area contributed by atoms with Crippen LogP contribution in [0.2, 0.25) is 10.0 Å². The first-order valence-electron chi connectivity index (χ1n) is 7.83. The maximum Gasteiger partial charge on any atom is 0.193 e. The van der Waals surface area contributed by atoms with Crippen molar-refractivity contribution in [1.82, 2.24) is 0 Å². The number of carbonyl (C=O) groups excluding carboxylic acids is 1. The second kappa shape index (κ2) is 6.71. The highest BCUT2D eigenvalue weighted by Gasteiger charge is 2.30. The van der Waals surface area contributed by atoms with Gasteiger partial charge in [-0.1, -0.05) is 35.3 Å². The van der Waals surface area contributed by atoms with Crippen molar-refractivity contribution in [2.75, 3.05) is 0 Å². The molecule has 0 fully saturated rings. The number of allylic oxidation sites excluding steroid dienone is 1. The molecular weight excluding hydrogens is 375 g/mol.